The molecule has 1 aromatic heterocycles. The third-order valence-electron chi connectivity index (χ3n) is 2.88. The molecule has 2 heterocycles. The zero-order chi connectivity index (χ0) is 11.9. The first kappa shape index (κ1) is 12.3. The summed E-state index contributed by atoms with van der Waals surface area (Å²) in [6, 6.07) is 4.17. The summed E-state index contributed by atoms with van der Waals surface area (Å²) in [6.07, 6.45) is 3.02. The Morgan fingerprint density at radius 3 is 3.00 bits per heavy atom. The van der Waals surface area contributed by atoms with E-state index in [4.69, 9.17) is 4.74 Å². The van der Waals surface area contributed by atoms with E-state index in [2.05, 4.69) is 28.2 Å². The van der Waals surface area contributed by atoms with E-state index in [0.29, 0.717) is 0 Å². The highest BCUT2D eigenvalue weighted by Gasteiger charge is 2.11. The zero-order valence-electron chi connectivity index (χ0n) is 10.5. The van der Waals surface area contributed by atoms with Crippen molar-refractivity contribution < 1.29 is 4.74 Å². The highest BCUT2D eigenvalue weighted by molar-refractivity contribution is 5.43. The van der Waals surface area contributed by atoms with Crippen LogP contribution in [0.2, 0.25) is 0 Å². The molecule has 0 bridgehead atoms. The third-order valence-corrected chi connectivity index (χ3v) is 2.88. The second-order valence-corrected chi connectivity index (χ2v) is 4.35. The summed E-state index contributed by atoms with van der Waals surface area (Å²) in [5, 5.41) is 3.39. The van der Waals surface area contributed by atoms with Crippen molar-refractivity contribution in [2.75, 3.05) is 38.2 Å². The van der Waals surface area contributed by atoms with E-state index in [1.54, 1.807) is 0 Å². The maximum atomic E-state index is 5.34. The second kappa shape index (κ2) is 6.57. The molecule has 0 aromatic carbocycles. The number of nitrogens with zero attached hydrogens (tertiary/aromatic N) is 2. The molecule has 1 N–H and O–H groups in total. The summed E-state index contributed by atoms with van der Waals surface area (Å²) in [5.74, 6) is 0. The van der Waals surface area contributed by atoms with E-state index < -0.39 is 0 Å². The summed E-state index contributed by atoms with van der Waals surface area (Å²) in [7, 11) is 0. The molecule has 0 atom stereocenters. The number of rotatable bonds is 5. The predicted molar refractivity (Wildman–Crippen MR) is 69.1 cm³/mol. The average Bonchev–Trinajstić information content (AvgIpc) is 2.38. The maximum Gasteiger partial charge on any atom is 0.0594 e. The van der Waals surface area contributed by atoms with Gasteiger partial charge in [0.15, 0.2) is 0 Å². The van der Waals surface area contributed by atoms with Crippen LogP contribution in [0, 0.1) is 0 Å². The fourth-order valence-corrected chi connectivity index (χ4v) is 1.93. The molecule has 0 amide bonds. The number of pyridine rings is 1. The Bertz CT molecular complexity index is 337. The lowest BCUT2D eigenvalue weighted by Crippen LogP contribution is -2.35. The van der Waals surface area contributed by atoms with E-state index in [1.807, 2.05) is 12.3 Å². The lowest BCUT2D eigenvalue weighted by atomic mass is 10.2. The van der Waals surface area contributed by atoms with Gasteiger partial charge in [-0.2, -0.15) is 0 Å². The molecule has 1 aromatic rings. The second-order valence-electron chi connectivity index (χ2n) is 4.35. The zero-order valence-corrected chi connectivity index (χ0v) is 10.5. The molecule has 0 aliphatic carbocycles. The first-order chi connectivity index (χ1) is 8.38. The summed E-state index contributed by atoms with van der Waals surface area (Å²) < 4.78 is 5.34. The lowest BCUT2D eigenvalue weighted by Gasteiger charge is -2.26. The predicted octanol–water partition coefficient (Wildman–Crippen LogP) is 1.74. The lowest BCUT2D eigenvalue weighted by molar-refractivity contribution is 0.0336. The Balaban J connectivity index is 1.90. The summed E-state index contributed by atoms with van der Waals surface area (Å²) in [6.45, 7) is 7.80. The van der Waals surface area contributed by atoms with E-state index in [-0.39, 0.29) is 0 Å². The van der Waals surface area contributed by atoms with Crippen molar-refractivity contribution in [2.24, 2.45) is 0 Å². The van der Waals surface area contributed by atoms with Crippen LogP contribution >= 0.6 is 0 Å². The molecule has 1 fully saturated rings. The van der Waals surface area contributed by atoms with Gasteiger partial charge in [-0.05, 0) is 18.6 Å². The minimum atomic E-state index is 0.841. The van der Waals surface area contributed by atoms with Crippen molar-refractivity contribution in [3.8, 4) is 0 Å². The van der Waals surface area contributed by atoms with Gasteiger partial charge in [0.05, 0.1) is 18.9 Å². The standard InChI is InChI=1S/C13H21N3O/c1-2-4-14-12-3-5-15-13(10-12)11-16-6-8-17-9-7-16/h3,5,10H,2,4,6-9,11H2,1H3,(H,14,15). The molecule has 0 unspecified atom stereocenters. The maximum absolute atomic E-state index is 5.34. The van der Waals surface area contributed by atoms with Crippen molar-refractivity contribution in [3.05, 3.63) is 24.0 Å². The molecular weight excluding hydrogens is 214 g/mol. The van der Waals surface area contributed by atoms with Crippen LogP contribution in [0.4, 0.5) is 5.69 Å². The van der Waals surface area contributed by atoms with Gasteiger partial charge in [0, 0.05) is 38.1 Å². The fraction of sp³-hybridized carbons (Fsp3) is 0.615. The van der Waals surface area contributed by atoms with E-state index >= 15 is 0 Å². The van der Waals surface area contributed by atoms with Gasteiger partial charge < -0.3 is 10.1 Å². The Hall–Kier alpha value is -1.13. The summed E-state index contributed by atoms with van der Waals surface area (Å²) >= 11 is 0. The highest BCUT2D eigenvalue weighted by Crippen LogP contribution is 2.11. The highest BCUT2D eigenvalue weighted by atomic mass is 16.5. The van der Waals surface area contributed by atoms with E-state index in [9.17, 15) is 0 Å². The molecule has 0 saturated carbocycles. The number of morpholine rings is 1. The van der Waals surface area contributed by atoms with Crippen LogP contribution < -0.4 is 5.32 Å². The minimum Gasteiger partial charge on any atom is -0.385 e. The van der Waals surface area contributed by atoms with Crippen LogP contribution in [0.1, 0.15) is 19.0 Å². The number of hydrogen-bond donors (Lipinski definition) is 1. The van der Waals surface area contributed by atoms with Gasteiger partial charge in [0.25, 0.3) is 0 Å². The van der Waals surface area contributed by atoms with Crippen molar-refractivity contribution in [1.82, 2.24) is 9.88 Å². The first-order valence-electron chi connectivity index (χ1n) is 6.37. The van der Waals surface area contributed by atoms with Gasteiger partial charge in [-0.15, -0.1) is 0 Å². The molecule has 4 heteroatoms. The van der Waals surface area contributed by atoms with Crippen molar-refractivity contribution >= 4 is 5.69 Å². The molecular formula is C13H21N3O. The molecule has 0 spiro atoms. The van der Waals surface area contributed by atoms with Gasteiger partial charge >= 0.3 is 0 Å². The van der Waals surface area contributed by atoms with Gasteiger partial charge in [-0.3, -0.25) is 9.88 Å². The quantitative estimate of drug-likeness (QED) is 0.843. The average molecular weight is 235 g/mol. The minimum absolute atomic E-state index is 0.841. The monoisotopic (exact) mass is 235 g/mol. The van der Waals surface area contributed by atoms with E-state index in [0.717, 1.165) is 51.5 Å². The Morgan fingerprint density at radius 2 is 2.24 bits per heavy atom. The van der Waals surface area contributed by atoms with Crippen LogP contribution in [0.25, 0.3) is 0 Å². The summed E-state index contributed by atoms with van der Waals surface area (Å²) in [4.78, 5) is 6.80. The molecule has 1 aliphatic rings. The largest absolute Gasteiger partial charge is 0.385 e. The number of hydrogen-bond acceptors (Lipinski definition) is 4. The van der Waals surface area contributed by atoms with Crippen LogP contribution in [0.3, 0.4) is 0 Å². The Kier molecular flexibility index (Phi) is 4.76. The van der Waals surface area contributed by atoms with Crippen LogP contribution in [0.15, 0.2) is 18.3 Å². The number of ether oxygens (including phenoxy) is 1. The normalized spacial score (nSPS) is 17.0. The molecule has 94 valence electrons. The topological polar surface area (TPSA) is 37.4 Å². The summed E-state index contributed by atoms with van der Waals surface area (Å²) in [5.41, 5.74) is 2.30. The van der Waals surface area contributed by atoms with Gasteiger partial charge in [0.2, 0.25) is 0 Å². The molecule has 1 saturated heterocycles. The molecule has 4 nitrogen and oxygen atoms in total. The van der Waals surface area contributed by atoms with Gasteiger partial charge in [-0.1, -0.05) is 6.92 Å². The Morgan fingerprint density at radius 1 is 1.41 bits per heavy atom. The van der Waals surface area contributed by atoms with Crippen molar-refractivity contribution in [1.29, 1.82) is 0 Å². The molecule has 0 radical (unpaired) electrons. The van der Waals surface area contributed by atoms with Gasteiger partial charge in [-0.25, -0.2) is 0 Å². The number of anilines is 1. The molecule has 17 heavy (non-hydrogen) atoms. The molecule has 1 aliphatic heterocycles. The van der Waals surface area contributed by atoms with Crippen molar-refractivity contribution in [2.45, 2.75) is 19.9 Å². The SMILES string of the molecule is CCCNc1ccnc(CN2CCOCC2)c1. The first-order valence-corrected chi connectivity index (χ1v) is 6.37. The van der Waals surface area contributed by atoms with Crippen LogP contribution in [-0.4, -0.2) is 42.7 Å². The third kappa shape index (κ3) is 3.98. The Labute approximate surface area is 103 Å². The van der Waals surface area contributed by atoms with Crippen LogP contribution in [-0.2, 0) is 11.3 Å². The van der Waals surface area contributed by atoms with E-state index in [1.165, 1.54) is 5.69 Å². The van der Waals surface area contributed by atoms with Crippen LogP contribution in [0.5, 0.6) is 0 Å². The molecule has 2 rings (SSSR count). The smallest absolute Gasteiger partial charge is 0.0594 e. The van der Waals surface area contributed by atoms with Crippen molar-refractivity contribution in [3.63, 3.8) is 0 Å². The van der Waals surface area contributed by atoms with Gasteiger partial charge in [0.1, 0.15) is 0 Å². The number of aromatic nitrogens is 1. The fourth-order valence-electron chi connectivity index (χ4n) is 1.93. The number of nitrogens with one attached hydrogen (secondary N) is 1.